The molecule has 0 atom stereocenters. The van der Waals surface area contributed by atoms with E-state index in [2.05, 4.69) is 34.5 Å². The highest BCUT2D eigenvalue weighted by molar-refractivity contribution is 7.15. The summed E-state index contributed by atoms with van der Waals surface area (Å²) in [5.41, 5.74) is -0.570. The van der Waals surface area contributed by atoms with Gasteiger partial charge >= 0.3 is 0 Å². The SMILES string of the molecule is COc1ccccc1-n1nc(C(=O)Nc2nnc(CC(C)C)s2)c(O)cc1=O. The van der Waals surface area contributed by atoms with Crippen molar-refractivity contribution < 1.29 is 14.6 Å². The molecule has 0 radical (unpaired) electrons. The van der Waals surface area contributed by atoms with Gasteiger partial charge in [0.1, 0.15) is 16.4 Å². The molecule has 9 nitrogen and oxygen atoms in total. The molecule has 0 saturated heterocycles. The Morgan fingerprint density at radius 1 is 1.32 bits per heavy atom. The number of anilines is 1. The maximum absolute atomic E-state index is 12.6. The number of para-hydroxylation sites is 2. The first-order chi connectivity index (χ1) is 13.4. The smallest absolute Gasteiger partial charge is 0.281 e. The van der Waals surface area contributed by atoms with Gasteiger partial charge in [-0.3, -0.25) is 14.9 Å². The van der Waals surface area contributed by atoms with Crippen LogP contribution in [-0.2, 0) is 6.42 Å². The average Bonchev–Trinajstić information content (AvgIpc) is 3.07. The third kappa shape index (κ3) is 4.17. The third-order valence-corrected chi connectivity index (χ3v) is 4.57. The van der Waals surface area contributed by atoms with Crippen LogP contribution in [0.25, 0.3) is 5.69 Å². The number of hydrogen-bond acceptors (Lipinski definition) is 8. The van der Waals surface area contributed by atoms with Crippen molar-refractivity contribution in [3.05, 3.63) is 51.4 Å². The van der Waals surface area contributed by atoms with Gasteiger partial charge in [0.15, 0.2) is 11.4 Å². The fourth-order valence-electron chi connectivity index (χ4n) is 2.48. The first-order valence-corrected chi connectivity index (χ1v) is 9.31. The number of amides is 1. The van der Waals surface area contributed by atoms with Gasteiger partial charge in [0.25, 0.3) is 11.5 Å². The first-order valence-electron chi connectivity index (χ1n) is 8.49. The second-order valence-electron chi connectivity index (χ2n) is 6.35. The van der Waals surface area contributed by atoms with E-state index in [0.717, 1.165) is 22.2 Å². The first kappa shape index (κ1) is 19.5. The maximum Gasteiger partial charge on any atom is 0.281 e. The Kier molecular flexibility index (Phi) is 5.69. The molecule has 2 heterocycles. The minimum Gasteiger partial charge on any atom is -0.505 e. The second-order valence-corrected chi connectivity index (χ2v) is 7.42. The molecule has 146 valence electrons. The molecule has 10 heteroatoms. The Hall–Kier alpha value is -3.27. The summed E-state index contributed by atoms with van der Waals surface area (Å²) in [5, 5.41) is 25.7. The van der Waals surface area contributed by atoms with Crippen LogP contribution in [0.4, 0.5) is 5.13 Å². The summed E-state index contributed by atoms with van der Waals surface area (Å²) in [6.45, 7) is 4.12. The lowest BCUT2D eigenvalue weighted by molar-refractivity contribution is 0.101. The number of nitrogens with one attached hydrogen (secondary N) is 1. The van der Waals surface area contributed by atoms with E-state index < -0.39 is 17.2 Å². The lowest BCUT2D eigenvalue weighted by atomic mass is 10.1. The van der Waals surface area contributed by atoms with Gasteiger partial charge in [-0.25, -0.2) is 0 Å². The van der Waals surface area contributed by atoms with Crippen molar-refractivity contribution in [3.63, 3.8) is 0 Å². The van der Waals surface area contributed by atoms with Crippen molar-refractivity contribution >= 4 is 22.4 Å². The van der Waals surface area contributed by atoms with E-state index in [4.69, 9.17) is 4.74 Å². The molecule has 1 amide bonds. The molecule has 3 aromatic rings. The molecule has 0 aliphatic rings. The van der Waals surface area contributed by atoms with Crippen molar-refractivity contribution in [1.82, 2.24) is 20.0 Å². The van der Waals surface area contributed by atoms with Crippen LogP contribution in [0.1, 0.15) is 29.3 Å². The molecule has 0 unspecified atom stereocenters. The van der Waals surface area contributed by atoms with Crippen molar-refractivity contribution in [1.29, 1.82) is 0 Å². The molecule has 2 N–H and O–H groups in total. The topological polar surface area (TPSA) is 119 Å². The molecule has 0 spiro atoms. The van der Waals surface area contributed by atoms with Gasteiger partial charge in [0, 0.05) is 12.5 Å². The van der Waals surface area contributed by atoms with Gasteiger partial charge in [-0.1, -0.05) is 37.3 Å². The van der Waals surface area contributed by atoms with Crippen LogP contribution in [0.15, 0.2) is 35.1 Å². The van der Waals surface area contributed by atoms with E-state index in [1.165, 1.54) is 18.4 Å². The fraction of sp³-hybridized carbons (Fsp3) is 0.278. The van der Waals surface area contributed by atoms with Gasteiger partial charge < -0.3 is 9.84 Å². The molecule has 0 bridgehead atoms. The minimum atomic E-state index is -0.701. The predicted octanol–water partition coefficient (Wildman–Crippen LogP) is 2.25. The molecule has 0 saturated carbocycles. The predicted molar refractivity (Wildman–Crippen MR) is 104 cm³/mol. The number of carbonyl (C=O) groups excluding carboxylic acids is 1. The van der Waals surface area contributed by atoms with Gasteiger partial charge in [-0.05, 0) is 18.1 Å². The Balaban J connectivity index is 1.92. The zero-order chi connectivity index (χ0) is 20.3. The number of rotatable bonds is 6. The van der Waals surface area contributed by atoms with Crippen LogP contribution in [0.3, 0.4) is 0 Å². The quantitative estimate of drug-likeness (QED) is 0.650. The summed E-state index contributed by atoms with van der Waals surface area (Å²) in [6, 6.07) is 7.66. The summed E-state index contributed by atoms with van der Waals surface area (Å²) in [6.07, 6.45) is 0.746. The summed E-state index contributed by atoms with van der Waals surface area (Å²) < 4.78 is 6.23. The third-order valence-electron chi connectivity index (χ3n) is 3.71. The fourth-order valence-corrected chi connectivity index (χ4v) is 3.43. The zero-order valence-electron chi connectivity index (χ0n) is 15.5. The van der Waals surface area contributed by atoms with Crippen molar-refractivity contribution in [2.75, 3.05) is 12.4 Å². The van der Waals surface area contributed by atoms with Gasteiger partial charge in [0.05, 0.1) is 7.11 Å². The molecule has 1 aromatic carbocycles. The molecule has 2 aromatic heterocycles. The van der Waals surface area contributed by atoms with E-state index in [1.807, 2.05) is 0 Å². The lowest BCUT2D eigenvalue weighted by Gasteiger charge is -2.11. The summed E-state index contributed by atoms with van der Waals surface area (Å²) in [7, 11) is 1.46. The maximum atomic E-state index is 12.6. The number of aromatic nitrogens is 4. The molecule has 0 fully saturated rings. The standard InChI is InChI=1S/C18H19N5O4S/c1-10(2)8-14-20-21-18(28-14)19-17(26)16-12(24)9-15(25)23(22-16)11-6-4-5-7-13(11)27-3/h4-7,9-10,24H,8H2,1-3H3,(H,19,21,26). The Bertz CT molecular complexity index is 1060. The summed E-state index contributed by atoms with van der Waals surface area (Å²) in [5.74, 6) is -0.419. The summed E-state index contributed by atoms with van der Waals surface area (Å²) >= 11 is 1.25. The highest BCUT2D eigenvalue weighted by Gasteiger charge is 2.20. The van der Waals surface area contributed by atoms with Crippen molar-refractivity contribution in [2.24, 2.45) is 5.92 Å². The zero-order valence-corrected chi connectivity index (χ0v) is 16.4. The van der Waals surface area contributed by atoms with Gasteiger partial charge in [-0.15, -0.1) is 10.2 Å². The second kappa shape index (κ2) is 8.17. The molecular formula is C18H19N5O4S. The van der Waals surface area contributed by atoms with Crippen LogP contribution >= 0.6 is 11.3 Å². The van der Waals surface area contributed by atoms with Gasteiger partial charge in [-0.2, -0.15) is 9.78 Å². The summed E-state index contributed by atoms with van der Waals surface area (Å²) in [4.78, 5) is 24.9. The monoisotopic (exact) mass is 401 g/mol. The number of ether oxygens (including phenoxy) is 1. The molecule has 0 aliphatic carbocycles. The number of carbonyl (C=O) groups is 1. The Labute approximate surface area is 164 Å². The van der Waals surface area contributed by atoms with Crippen LogP contribution in [0, 0.1) is 5.92 Å². The van der Waals surface area contributed by atoms with E-state index in [9.17, 15) is 14.7 Å². The molecule has 0 aliphatic heterocycles. The number of benzene rings is 1. The highest BCUT2D eigenvalue weighted by Crippen LogP contribution is 2.23. The number of aromatic hydroxyl groups is 1. The molecular weight excluding hydrogens is 382 g/mol. The average molecular weight is 401 g/mol. The Morgan fingerprint density at radius 2 is 2.07 bits per heavy atom. The molecule has 3 rings (SSSR count). The van der Waals surface area contributed by atoms with E-state index in [1.54, 1.807) is 24.3 Å². The normalized spacial score (nSPS) is 10.9. The Morgan fingerprint density at radius 3 is 2.79 bits per heavy atom. The lowest BCUT2D eigenvalue weighted by Crippen LogP contribution is -2.25. The minimum absolute atomic E-state index is 0.289. The van der Waals surface area contributed by atoms with E-state index in [-0.39, 0.29) is 10.8 Å². The van der Waals surface area contributed by atoms with Crippen LogP contribution in [-0.4, -0.2) is 38.1 Å². The van der Waals surface area contributed by atoms with E-state index >= 15 is 0 Å². The van der Waals surface area contributed by atoms with Crippen molar-refractivity contribution in [2.45, 2.75) is 20.3 Å². The molecule has 28 heavy (non-hydrogen) atoms. The number of hydrogen-bond donors (Lipinski definition) is 2. The highest BCUT2D eigenvalue weighted by atomic mass is 32.1. The van der Waals surface area contributed by atoms with E-state index in [0.29, 0.717) is 17.4 Å². The van der Waals surface area contributed by atoms with Crippen LogP contribution < -0.4 is 15.6 Å². The largest absolute Gasteiger partial charge is 0.505 e. The van der Waals surface area contributed by atoms with Crippen molar-refractivity contribution in [3.8, 4) is 17.2 Å². The number of methoxy groups -OCH3 is 1. The number of nitrogens with zero attached hydrogens (tertiary/aromatic N) is 4. The van der Waals surface area contributed by atoms with Crippen LogP contribution in [0.5, 0.6) is 11.5 Å². The van der Waals surface area contributed by atoms with Gasteiger partial charge in [0.2, 0.25) is 5.13 Å². The van der Waals surface area contributed by atoms with Crippen LogP contribution in [0.2, 0.25) is 0 Å².